The smallest absolute Gasteiger partial charge is 0.301 e. The summed E-state index contributed by atoms with van der Waals surface area (Å²) >= 11 is 2.65. The van der Waals surface area contributed by atoms with Crippen molar-refractivity contribution in [3.8, 4) is 5.75 Å². The zero-order valence-corrected chi connectivity index (χ0v) is 23.2. The highest BCUT2D eigenvalue weighted by Crippen LogP contribution is 2.44. The van der Waals surface area contributed by atoms with Gasteiger partial charge in [0.2, 0.25) is 5.13 Å². The molecule has 0 saturated carbocycles. The van der Waals surface area contributed by atoms with E-state index in [0.717, 1.165) is 22.4 Å². The van der Waals surface area contributed by atoms with Crippen LogP contribution < -0.4 is 9.64 Å². The number of benzene rings is 3. The molecule has 1 amide bonds. The number of ether oxygens (including phenoxy) is 1. The van der Waals surface area contributed by atoms with Gasteiger partial charge in [0.05, 0.1) is 18.7 Å². The van der Waals surface area contributed by atoms with Crippen molar-refractivity contribution in [2.75, 3.05) is 12.0 Å². The minimum atomic E-state index is -1.02. The summed E-state index contributed by atoms with van der Waals surface area (Å²) in [5.74, 6) is -2.40. The topological polar surface area (TPSA) is 106 Å². The number of hydrogen-bond donors (Lipinski definition) is 1. The van der Waals surface area contributed by atoms with Gasteiger partial charge in [-0.15, -0.1) is 10.2 Å². The minimum Gasteiger partial charge on any atom is -0.507 e. The highest BCUT2D eigenvalue weighted by molar-refractivity contribution is 8.00. The van der Waals surface area contributed by atoms with Gasteiger partial charge >= 0.3 is 5.91 Å². The summed E-state index contributed by atoms with van der Waals surface area (Å²) in [6.45, 7) is 0. The summed E-state index contributed by atoms with van der Waals surface area (Å²) < 4.78 is 20.0. The highest BCUT2D eigenvalue weighted by Gasteiger charge is 2.48. The summed E-state index contributed by atoms with van der Waals surface area (Å²) in [4.78, 5) is 32.0. The van der Waals surface area contributed by atoms with Gasteiger partial charge in [0.25, 0.3) is 5.78 Å². The van der Waals surface area contributed by atoms with E-state index in [0.29, 0.717) is 15.7 Å². The van der Waals surface area contributed by atoms with Crippen LogP contribution in [0.15, 0.2) is 95.1 Å². The lowest BCUT2D eigenvalue weighted by Gasteiger charge is -2.22. The van der Waals surface area contributed by atoms with Crippen LogP contribution in [0.4, 0.5) is 9.52 Å². The molecule has 2 aromatic heterocycles. The maximum atomic E-state index is 14.5. The molecule has 0 bridgehead atoms. The summed E-state index contributed by atoms with van der Waals surface area (Å²) in [6, 6.07) is 20.3. The number of thioether (sulfide) groups is 1. The predicted molar refractivity (Wildman–Crippen MR) is 155 cm³/mol. The van der Waals surface area contributed by atoms with Gasteiger partial charge < -0.3 is 9.84 Å². The molecule has 0 radical (unpaired) electrons. The van der Waals surface area contributed by atoms with Gasteiger partial charge in [0.15, 0.2) is 15.9 Å². The Morgan fingerprint density at radius 2 is 1.83 bits per heavy atom. The fraction of sp³-hybridized carbons (Fsp3) is 0.100. The van der Waals surface area contributed by atoms with Crippen LogP contribution in [0.1, 0.15) is 22.7 Å². The van der Waals surface area contributed by atoms with Crippen LogP contribution in [0.2, 0.25) is 0 Å². The quantitative estimate of drug-likeness (QED) is 0.0798. The van der Waals surface area contributed by atoms with Gasteiger partial charge in [0, 0.05) is 23.7 Å². The Kier molecular flexibility index (Phi) is 7.21. The molecular weight excluding hydrogens is 563 g/mol. The Morgan fingerprint density at radius 3 is 2.61 bits per heavy atom. The van der Waals surface area contributed by atoms with Crippen molar-refractivity contribution in [1.29, 1.82) is 0 Å². The molecule has 1 aliphatic rings. The largest absolute Gasteiger partial charge is 0.507 e. The standard InChI is InChI=1S/C30H21FN4O4S2/c1-39-23-10-9-19(15-22(23)31)26(36)24-25(18-11-13-32-14-12-18)35(28(38)27(24)37)29-33-34-30(41-29)40-16-20-7-4-6-17-5-2-3-8-21(17)20/h2-15,25,36H,16H2,1H3/b26-24-. The number of aliphatic hydroxyl groups excluding tert-OH is 1. The molecule has 1 fully saturated rings. The number of fused-ring (bicyclic) bond motifs is 1. The number of pyridine rings is 1. The van der Waals surface area contributed by atoms with Crippen LogP contribution in [0, 0.1) is 5.82 Å². The van der Waals surface area contributed by atoms with Crippen molar-refractivity contribution in [2.24, 2.45) is 0 Å². The molecule has 6 rings (SSSR count). The van der Waals surface area contributed by atoms with Gasteiger partial charge in [-0.3, -0.25) is 19.5 Å². The minimum absolute atomic E-state index is 0.0184. The van der Waals surface area contributed by atoms with E-state index in [-0.39, 0.29) is 22.0 Å². The zero-order valence-electron chi connectivity index (χ0n) is 21.5. The zero-order chi connectivity index (χ0) is 28.5. The van der Waals surface area contributed by atoms with Crippen LogP contribution in [-0.4, -0.2) is 39.1 Å². The van der Waals surface area contributed by atoms with Gasteiger partial charge in [-0.25, -0.2) is 4.39 Å². The normalized spacial score (nSPS) is 16.4. The lowest BCUT2D eigenvalue weighted by Crippen LogP contribution is -2.29. The molecule has 0 spiro atoms. The summed E-state index contributed by atoms with van der Waals surface area (Å²) in [5.41, 5.74) is 1.50. The molecule has 1 N–H and O–H groups in total. The molecule has 1 saturated heterocycles. The molecule has 3 aromatic carbocycles. The third-order valence-corrected chi connectivity index (χ3v) is 8.83. The number of carbonyl (C=O) groups is 2. The van der Waals surface area contributed by atoms with Crippen LogP contribution in [0.3, 0.4) is 0 Å². The molecule has 1 atom stereocenters. The number of aliphatic hydroxyl groups is 1. The number of aromatic nitrogens is 3. The number of amides is 1. The number of Topliss-reactive ketones (excluding diaryl/α,β-unsaturated/α-hetero) is 1. The molecule has 5 aromatic rings. The van der Waals surface area contributed by atoms with E-state index in [1.165, 1.54) is 59.6 Å². The van der Waals surface area contributed by atoms with Crippen LogP contribution in [-0.2, 0) is 15.3 Å². The molecule has 11 heteroatoms. The van der Waals surface area contributed by atoms with Crippen LogP contribution in [0.25, 0.3) is 16.5 Å². The second kappa shape index (κ2) is 11.1. The number of carbonyl (C=O) groups excluding carboxylic acids is 2. The number of ketones is 1. The molecule has 8 nitrogen and oxygen atoms in total. The van der Waals surface area contributed by atoms with Gasteiger partial charge in [0.1, 0.15) is 5.76 Å². The van der Waals surface area contributed by atoms with Crippen molar-refractivity contribution in [1.82, 2.24) is 15.2 Å². The molecule has 3 heterocycles. The Balaban J connectivity index is 1.36. The fourth-order valence-corrected chi connectivity index (χ4v) is 6.65. The fourth-order valence-electron chi connectivity index (χ4n) is 4.78. The van der Waals surface area contributed by atoms with E-state index in [9.17, 15) is 19.1 Å². The first kappa shape index (κ1) is 26.6. The molecule has 0 aliphatic carbocycles. The van der Waals surface area contributed by atoms with Crippen molar-refractivity contribution < 1.29 is 23.8 Å². The average molecular weight is 585 g/mol. The monoisotopic (exact) mass is 584 g/mol. The first-order valence-electron chi connectivity index (χ1n) is 12.4. The van der Waals surface area contributed by atoms with E-state index < -0.39 is 29.3 Å². The Bertz CT molecular complexity index is 1820. The second-order valence-electron chi connectivity index (χ2n) is 9.08. The first-order chi connectivity index (χ1) is 20.0. The number of anilines is 1. The lowest BCUT2D eigenvalue weighted by atomic mass is 9.96. The molecular formula is C30H21FN4O4S2. The molecule has 1 aliphatic heterocycles. The predicted octanol–water partition coefficient (Wildman–Crippen LogP) is 6.15. The molecule has 41 heavy (non-hydrogen) atoms. The van der Waals surface area contributed by atoms with E-state index in [1.807, 2.05) is 18.2 Å². The molecule has 204 valence electrons. The van der Waals surface area contributed by atoms with Crippen molar-refractivity contribution in [3.05, 3.63) is 113 Å². The van der Waals surface area contributed by atoms with Gasteiger partial charge in [-0.05, 0) is 52.2 Å². The van der Waals surface area contributed by atoms with E-state index >= 15 is 0 Å². The summed E-state index contributed by atoms with van der Waals surface area (Å²) in [5, 5.41) is 22.2. The van der Waals surface area contributed by atoms with E-state index in [1.54, 1.807) is 12.1 Å². The number of rotatable bonds is 7. The van der Waals surface area contributed by atoms with Gasteiger partial charge in [-0.2, -0.15) is 0 Å². The number of halogens is 1. The van der Waals surface area contributed by atoms with Crippen LogP contribution >= 0.6 is 23.1 Å². The second-order valence-corrected chi connectivity index (χ2v) is 11.3. The van der Waals surface area contributed by atoms with Crippen molar-refractivity contribution in [3.63, 3.8) is 0 Å². The Hall–Kier alpha value is -4.61. The maximum absolute atomic E-state index is 14.5. The van der Waals surface area contributed by atoms with Crippen molar-refractivity contribution in [2.45, 2.75) is 16.1 Å². The van der Waals surface area contributed by atoms with Crippen molar-refractivity contribution >= 4 is 56.5 Å². The summed E-state index contributed by atoms with van der Waals surface area (Å²) in [7, 11) is 1.32. The third-order valence-electron chi connectivity index (χ3n) is 6.72. The van der Waals surface area contributed by atoms with E-state index in [4.69, 9.17) is 4.74 Å². The highest BCUT2D eigenvalue weighted by atomic mass is 32.2. The third kappa shape index (κ3) is 4.94. The number of nitrogens with zero attached hydrogens (tertiary/aromatic N) is 4. The average Bonchev–Trinajstić information content (AvgIpc) is 3.57. The SMILES string of the molecule is COc1ccc(/C(O)=C2/C(=O)C(=O)N(c3nnc(SCc4cccc5ccccc45)s3)C2c2ccncc2)cc1F. The number of hydrogen-bond acceptors (Lipinski definition) is 9. The van der Waals surface area contributed by atoms with Gasteiger partial charge in [-0.1, -0.05) is 65.6 Å². The summed E-state index contributed by atoms with van der Waals surface area (Å²) in [6.07, 6.45) is 3.04. The Labute approximate surface area is 242 Å². The first-order valence-corrected chi connectivity index (χ1v) is 14.2. The lowest BCUT2D eigenvalue weighted by molar-refractivity contribution is -0.132. The Morgan fingerprint density at radius 1 is 1.05 bits per heavy atom. The molecule has 1 unspecified atom stereocenters. The maximum Gasteiger partial charge on any atom is 0.301 e. The van der Waals surface area contributed by atoms with E-state index in [2.05, 4.69) is 39.4 Å². The van der Waals surface area contributed by atoms with Crippen LogP contribution in [0.5, 0.6) is 5.75 Å². The number of methoxy groups -OCH3 is 1.